The molecule has 2 aliphatic heterocycles. The lowest BCUT2D eigenvalue weighted by Crippen LogP contribution is -2.46. The van der Waals surface area contributed by atoms with Gasteiger partial charge in [-0.2, -0.15) is 0 Å². The maximum absolute atomic E-state index is 13.3. The van der Waals surface area contributed by atoms with E-state index in [1.54, 1.807) is 12.1 Å². The highest BCUT2D eigenvalue weighted by atomic mass is 35.5. The molecule has 4 rings (SSSR count). The van der Waals surface area contributed by atoms with Crippen LogP contribution in [-0.2, 0) is 12.8 Å². The largest absolute Gasteiger partial charge is 0.487 e. The van der Waals surface area contributed by atoms with Crippen molar-refractivity contribution in [3.05, 3.63) is 59.2 Å². The van der Waals surface area contributed by atoms with Crippen molar-refractivity contribution in [3.63, 3.8) is 0 Å². The van der Waals surface area contributed by atoms with E-state index >= 15 is 0 Å². The molecule has 0 spiro atoms. The molecule has 30 heavy (non-hydrogen) atoms. The Bertz CT molecular complexity index is 800. The molecule has 2 heterocycles. The molecule has 164 valence electrons. The molecule has 5 nitrogen and oxygen atoms in total. The highest BCUT2D eigenvalue weighted by Crippen LogP contribution is 2.30. The topological polar surface area (TPSA) is 71.0 Å². The van der Waals surface area contributed by atoms with Gasteiger partial charge >= 0.3 is 0 Å². The number of ether oxygens (including phenoxy) is 2. The van der Waals surface area contributed by atoms with Crippen molar-refractivity contribution in [1.29, 1.82) is 0 Å². The second-order valence-electron chi connectivity index (χ2n) is 7.69. The molecule has 0 amide bonds. The monoisotopic (exact) mass is 441 g/mol. The summed E-state index contributed by atoms with van der Waals surface area (Å²) >= 11 is 0. The standard InChI is InChI=1S/C22H25F2NO4.ClH/c23-15-3-7-19-13(9-15)1-5-21(28-19)17(26)11-25-12-18(27)22-6-2-14-10-16(24)4-8-20(14)29-22;/h3-4,7-10,17-18,21-22,25-27H,1-2,5-6,11-12H2;1H/t17-,18-,21+,22+;/m0./s1. The third-order valence-electron chi connectivity index (χ3n) is 5.56. The number of halogens is 3. The second-order valence-corrected chi connectivity index (χ2v) is 7.69. The van der Waals surface area contributed by atoms with Gasteiger partial charge in [-0.1, -0.05) is 0 Å². The molecular formula is C22H26ClF2NO4. The van der Waals surface area contributed by atoms with Gasteiger partial charge in [0.05, 0.1) is 0 Å². The first-order chi connectivity index (χ1) is 14.0. The highest BCUT2D eigenvalue weighted by molar-refractivity contribution is 5.85. The van der Waals surface area contributed by atoms with Gasteiger partial charge in [-0.15, -0.1) is 12.4 Å². The van der Waals surface area contributed by atoms with E-state index in [-0.39, 0.29) is 49.3 Å². The zero-order chi connectivity index (χ0) is 20.4. The van der Waals surface area contributed by atoms with Crippen LogP contribution in [-0.4, -0.2) is 47.7 Å². The van der Waals surface area contributed by atoms with Crippen LogP contribution in [0.3, 0.4) is 0 Å². The molecule has 0 unspecified atom stereocenters. The lowest BCUT2D eigenvalue weighted by molar-refractivity contribution is 0.00892. The third-order valence-corrected chi connectivity index (χ3v) is 5.56. The van der Waals surface area contributed by atoms with E-state index in [0.717, 1.165) is 11.1 Å². The van der Waals surface area contributed by atoms with Crippen molar-refractivity contribution in [2.45, 2.75) is 50.1 Å². The minimum absolute atomic E-state index is 0. The van der Waals surface area contributed by atoms with Gasteiger partial charge in [0.2, 0.25) is 0 Å². The first-order valence-corrected chi connectivity index (χ1v) is 9.96. The van der Waals surface area contributed by atoms with Gasteiger partial charge in [-0.05, 0) is 73.2 Å². The van der Waals surface area contributed by atoms with E-state index in [9.17, 15) is 19.0 Å². The number of nitrogens with one attached hydrogen (secondary N) is 1. The number of aliphatic hydroxyl groups is 2. The van der Waals surface area contributed by atoms with Gasteiger partial charge in [0.25, 0.3) is 0 Å². The second kappa shape index (κ2) is 9.92. The number of fused-ring (bicyclic) bond motifs is 2. The lowest BCUT2D eigenvalue weighted by Gasteiger charge is -2.31. The molecule has 0 saturated heterocycles. The Hall–Kier alpha value is -1.93. The highest BCUT2D eigenvalue weighted by Gasteiger charge is 2.29. The Morgan fingerprint density at radius 3 is 1.70 bits per heavy atom. The maximum atomic E-state index is 13.3. The smallest absolute Gasteiger partial charge is 0.126 e. The Morgan fingerprint density at radius 1 is 0.833 bits per heavy atom. The van der Waals surface area contributed by atoms with Crippen molar-refractivity contribution in [3.8, 4) is 11.5 Å². The minimum atomic E-state index is -0.753. The normalized spacial score (nSPS) is 21.9. The molecule has 0 radical (unpaired) electrons. The van der Waals surface area contributed by atoms with Crippen LogP contribution >= 0.6 is 12.4 Å². The van der Waals surface area contributed by atoms with Gasteiger partial charge in [0.15, 0.2) is 0 Å². The Labute approximate surface area is 180 Å². The van der Waals surface area contributed by atoms with Crippen LogP contribution < -0.4 is 14.8 Å². The predicted octanol–water partition coefficient (Wildman–Crippen LogP) is 2.79. The fourth-order valence-electron chi connectivity index (χ4n) is 3.94. The number of hydrogen-bond acceptors (Lipinski definition) is 5. The summed E-state index contributed by atoms with van der Waals surface area (Å²) in [7, 11) is 0. The number of rotatable bonds is 6. The van der Waals surface area contributed by atoms with Crippen LogP contribution in [0.1, 0.15) is 24.0 Å². The molecular weight excluding hydrogens is 416 g/mol. The molecule has 0 aliphatic carbocycles. The van der Waals surface area contributed by atoms with Crippen LogP contribution in [0.15, 0.2) is 36.4 Å². The van der Waals surface area contributed by atoms with Gasteiger partial charge < -0.3 is 25.0 Å². The van der Waals surface area contributed by atoms with E-state index in [0.29, 0.717) is 37.2 Å². The van der Waals surface area contributed by atoms with Crippen molar-refractivity contribution in [2.24, 2.45) is 0 Å². The quantitative estimate of drug-likeness (QED) is 0.643. The van der Waals surface area contributed by atoms with E-state index in [1.165, 1.54) is 24.3 Å². The van der Waals surface area contributed by atoms with Crippen LogP contribution in [0.5, 0.6) is 11.5 Å². The Morgan fingerprint density at radius 2 is 1.27 bits per heavy atom. The molecule has 0 bridgehead atoms. The van der Waals surface area contributed by atoms with Crippen LogP contribution in [0, 0.1) is 11.6 Å². The summed E-state index contributed by atoms with van der Waals surface area (Å²) in [5.74, 6) is 0.624. The fraction of sp³-hybridized carbons (Fsp3) is 0.455. The SMILES string of the molecule is Cl.O[C@@H](CNC[C@H](O)[C@H]1CCc2cc(F)ccc2O1)[C@H]1CCc2cc(F)ccc2O1. The van der Waals surface area contributed by atoms with Crippen molar-refractivity contribution in [2.75, 3.05) is 13.1 Å². The number of benzene rings is 2. The Balaban J connectivity index is 0.00000256. The summed E-state index contributed by atoms with van der Waals surface area (Å²) in [6.07, 6.45) is 0.214. The van der Waals surface area contributed by atoms with Gasteiger partial charge in [0, 0.05) is 13.1 Å². The predicted molar refractivity (Wildman–Crippen MR) is 110 cm³/mol. The van der Waals surface area contributed by atoms with Crippen molar-refractivity contribution in [1.82, 2.24) is 5.32 Å². The third kappa shape index (κ3) is 5.21. The molecule has 2 aliphatic rings. The number of hydrogen-bond donors (Lipinski definition) is 3. The van der Waals surface area contributed by atoms with E-state index < -0.39 is 12.2 Å². The summed E-state index contributed by atoms with van der Waals surface area (Å²) in [6.45, 7) is 0.513. The summed E-state index contributed by atoms with van der Waals surface area (Å²) in [4.78, 5) is 0. The van der Waals surface area contributed by atoms with Crippen molar-refractivity contribution >= 4 is 12.4 Å². The molecule has 8 heteroatoms. The molecule has 0 saturated carbocycles. The first kappa shape index (κ1) is 22.7. The minimum Gasteiger partial charge on any atom is -0.487 e. The van der Waals surface area contributed by atoms with E-state index in [2.05, 4.69) is 5.32 Å². The lowest BCUT2D eigenvalue weighted by atomic mass is 9.98. The average Bonchev–Trinajstić information content (AvgIpc) is 2.72. The molecule has 0 aromatic heterocycles. The number of aliphatic hydroxyl groups excluding tert-OH is 2. The van der Waals surface area contributed by atoms with E-state index in [1.807, 2.05) is 0 Å². The fourth-order valence-corrected chi connectivity index (χ4v) is 3.94. The average molecular weight is 442 g/mol. The van der Waals surface area contributed by atoms with Gasteiger partial charge in [-0.25, -0.2) is 8.78 Å². The van der Waals surface area contributed by atoms with Crippen LogP contribution in [0.4, 0.5) is 8.78 Å². The van der Waals surface area contributed by atoms with Crippen LogP contribution in [0.2, 0.25) is 0 Å². The molecule has 0 fully saturated rings. The maximum Gasteiger partial charge on any atom is 0.126 e. The summed E-state index contributed by atoms with van der Waals surface area (Å²) in [5, 5.41) is 23.9. The summed E-state index contributed by atoms with van der Waals surface area (Å²) < 4.78 is 38.2. The zero-order valence-electron chi connectivity index (χ0n) is 16.4. The first-order valence-electron chi connectivity index (χ1n) is 9.96. The van der Waals surface area contributed by atoms with Gasteiger partial charge in [-0.3, -0.25) is 0 Å². The Kier molecular flexibility index (Phi) is 7.52. The molecule has 2 aromatic rings. The van der Waals surface area contributed by atoms with Crippen molar-refractivity contribution < 1.29 is 28.5 Å². The molecule has 2 aromatic carbocycles. The van der Waals surface area contributed by atoms with E-state index in [4.69, 9.17) is 9.47 Å². The zero-order valence-corrected chi connectivity index (χ0v) is 17.2. The molecule has 3 N–H and O–H groups in total. The molecule has 4 atom stereocenters. The van der Waals surface area contributed by atoms with Crippen LogP contribution in [0.25, 0.3) is 0 Å². The van der Waals surface area contributed by atoms with Gasteiger partial charge in [0.1, 0.15) is 47.5 Å². The summed E-state index contributed by atoms with van der Waals surface area (Å²) in [5.41, 5.74) is 1.62. The summed E-state index contributed by atoms with van der Waals surface area (Å²) in [6, 6.07) is 8.79. The number of aryl methyl sites for hydroxylation is 2.